The first-order chi connectivity index (χ1) is 13.5. The Balaban J connectivity index is 2.20. The number of nitrogens with one attached hydrogen (secondary N) is 1. The van der Waals surface area contributed by atoms with Crippen LogP contribution in [0.15, 0.2) is 17.1 Å². The zero-order valence-corrected chi connectivity index (χ0v) is 18.0. The summed E-state index contributed by atoms with van der Waals surface area (Å²) in [5.41, 5.74) is 5.99. The maximum Gasteiger partial charge on any atom is 0.253 e. The Bertz CT molecular complexity index is 807. The number of amides is 1. The van der Waals surface area contributed by atoms with Gasteiger partial charge in [-0.3, -0.25) is 14.0 Å². The molecule has 1 aliphatic rings. The van der Waals surface area contributed by atoms with Gasteiger partial charge in [0, 0.05) is 37.3 Å². The first kappa shape index (κ1) is 23.1. The average molecular weight is 426 g/mol. The second kappa shape index (κ2) is 9.55. The SMILES string of the molecule is CN=C(N)c1c(OC[C@H]2CCCN(C(=O)C(C)(C)O)C2)ccc(C)c1NS(=O)[O-]. The average Bonchev–Trinajstić information content (AvgIpc) is 2.66. The molecule has 10 heteroatoms. The van der Waals surface area contributed by atoms with Gasteiger partial charge < -0.3 is 29.8 Å². The fourth-order valence-corrected chi connectivity index (χ4v) is 3.80. The number of aryl methyl sites for hydroxylation is 1. The number of nitrogens with two attached hydrogens (primary N) is 1. The second-order valence-electron chi connectivity index (χ2n) is 7.71. The summed E-state index contributed by atoms with van der Waals surface area (Å²) in [5, 5.41) is 9.98. The van der Waals surface area contributed by atoms with Crippen molar-refractivity contribution in [3.63, 3.8) is 0 Å². The lowest BCUT2D eigenvalue weighted by molar-refractivity contribution is -0.149. The summed E-state index contributed by atoms with van der Waals surface area (Å²) in [7, 11) is 1.51. The lowest BCUT2D eigenvalue weighted by Crippen LogP contribution is -2.49. The molecule has 9 nitrogen and oxygen atoms in total. The zero-order valence-electron chi connectivity index (χ0n) is 17.2. The molecule has 2 atom stereocenters. The molecule has 1 aromatic carbocycles. The summed E-state index contributed by atoms with van der Waals surface area (Å²) < 4.78 is 30.7. The van der Waals surface area contributed by atoms with Crippen molar-refractivity contribution < 1.29 is 23.4 Å². The van der Waals surface area contributed by atoms with Crippen LogP contribution in [0.2, 0.25) is 0 Å². The Labute approximate surface area is 173 Å². The number of aliphatic hydroxyl groups is 1. The van der Waals surface area contributed by atoms with Gasteiger partial charge in [0.15, 0.2) is 0 Å². The van der Waals surface area contributed by atoms with Crippen LogP contribution in [0.5, 0.6) is 5.75 Å². The number of hydrogen-bond donors (Lipinski definition) is 3. The highest BCUT2D eigenvalue weighted by Gasteiger charge is 2.33. The van der Waals surface area contributed by atoms with E-state index in [1.54, 1.807) is 24.0 Å². The molecule has 0 saturated carbocycles. The van der Waals surface area contributed by atoms with Gasteiger partial charge in [-0.05, 0) is 45.2 Å². The number of nitrogens with zero attached hydrogens (tertiary/aromatic N) is 2. The minimum Gasteiger partial charge on any atom is -0.755 e. The van der Waals surface area contributed by atoms with Crippen molar-refractivity contribution in [1.82, 2.24) is 4.90 Å². The highest BCUT2D eigenvalue weighted by atomic mass is 32.2. The number of piperidine rings is 1. The Morgan fingerprint density at radius 2 is 2.21 bits per heavy atom. The molecule has 1 saturated heterocycles. The normalized spacial score (nSPS) is 19.0. The molecule has 0 bridgehead atoms. The van der Waals surface area contributed by atoms with Gasteiger partial charge in [0.05, 0.1) is 17.9 Å². The van der Waals surface area contributed by atoms with Crippen LogP contribution in [0.25, 0.3) is 0 Å². The van der Waals surface area contributed by atoms with E-state index in [0.717, 1.165) is 12.8 Å². The Morgan fingerprint density at radius 3 is 2.79 bits per heavy atom. The van der Waals surface area contributed by atoms with Crippen molar-refractivity contribution in [1.29, 1.82) is 0 Å². The molecule has 1 heterocycles. The quantitative estimate of drug-likeness (QED) is 0.337. The summed E-state index contributed by atoms with van der Waals surface area (Å²) in [6, 6.07) is 3.46. The van der Waals surface area contributed by atoms with Gasteiger partial charge in [-0.25, -0.2) is 0 Å². The predicted molar refractivity (Wildman–Crippen MR) is 111 cm³/mol. The molecule has 1 unspecified atom stereocenters. The van der Waals surface area contributed by atoms with Crippen LogP contribution in [0.4, 0.5) is 5.69 Å². The van der Waals surface area contributed by atoms with Gasteiger partial charge in [0.1, 0.15) is 17.2 Å². The monoisotopic (exact) mass is 425 g/mol. The van der Waals surface area contributed by atoms with Crippen molar-refractivity contribution in [2.45, 2.75) is 39.2 Å². The smallest absolute Gasteiger partial charge is 0.253 e. The number of carbonyl (C=O) groups excluding carboxylic acids is 1. The van der Waals surface area contributed by atoms with Gasteiger partial charge in [-0.1, -0.05) is 6.07 Å². The van der Waals surface area contributed by atoms with Crippen LogP contribution in [-0.4, -0.2) is 62.9 Å². The third kappa shape index (κ3) is 5.91. The lowest BCUT2D eigenvalue weighted by Gasteiger charge is -2.35. The maximum absolute atomic E-state index is 12.3. The summed E-state index contributed by atoms with van der Waals surface area (Å²) in [6.45, 7) is 6.13. The standard InChI is InChI=1S/C19H30N4O5S/c1-12-7-8-14(15(17(20)21-4)16(12)22-29(26)27)28-11-13-6-5-9-23(10-13)18(24)19(2,3)25/h7-8,13,22,25H,5-6,9-11H2,1-4H3,(H2,20,21)(H,26,27)/p-1/t13-/m0/s1. The molecule has 0 aromatic heterocycles. The number of anilines is 1. The molecule has 0 radical (unpaired) electrons. The van der Waals surface area contributed by atoms with E-state index in [4.69, 9.17) is 10.5 Å². The van der Waals surface area contributed by atoms with E-state index in [9.17, 15) is 18.7 Å². The number of carbonyl (C=O) groups is 1. The largest absolute Gasteiger partial charge is 0.755 e. The number of ether oxygens (including phenoxy) is 1. The first-order valence-electron chi connectivity index (χ1n) is 9.41. The summed E-state index contributed by atoms with van der Waals surface area (Å²) in [4.78, 5) is 18.0. The fraction of sp³-hybridized carbons (Fsp3) is 0.579. The Kier molecular flexibility index (Phi) is 7.61. The molecule has 1 aliphatic heterocycles. The van der Waals surface area contributed by atoms with Crippen LogP contribution in [0.3, 0.4) is 0 Å². The summed E-state index contributed by atoms with van der Waals surface area (Å²) in [6.07, 6.45) is 1.70. The van der Waals surface area contributed by atoms with E-state index < -0.39 is 16.9 Å². The van der Waals surface area contributed by atoms with Crippen molar-refractivity contribution in [2.24, 2.45) is 16.6 Å². The van der Waals surface area contributed by atoms with Crippen LogP contribution < -0.4 is 15.2 Å². The molecule has 4 N–H and O–H groups in total. The van der Waals surface area contributed by atoms with E-state index in [1.807, 2.05) is 0 Å². The van der Waals surface area contributed by atoms with Crippen LogP contribution >= 0.6 is 0 Å². The third-order valence-electron chi connectivity index (χ3n) is 4.86. The van der Waals surface area contributed by atoms with Gasteiger partial charge in [0.2, 0.25) is 0 Å². The van der Waals surface area contributed by atoms with Crippen LogP contribution in [0, 0.1) is 12.8 Å². The number of likely N-dealkylation sites (tertiary alicyclic amines) is 1. The van der Waals surface area contributed by atoms with E-state index in [2.05, 4.69) is 9.71 Å². The van der Waals surface area contributed by atoms with Crippen molar-refractivity contribution in [2.75, 3.05) is 31.5 Å². The minimum absolute atomic E-state index is 0.0778. The van der Waals surface area contributed by atoms with E-state index in [1.165, 1.54) is 20.9 Å². The highest BCUT2D eigenvalue weighted by molar-refractivity contribution is 7.80. The number of benzene rings is 1. The number of hydrogen-bond acceptors (Lipinski definition) is 6. The van der Waals surface area contributed by atoms with Crippen molar-refractivity contribution >= 4 is 28.7 Å². The second-order valence-corrected chi connectivity index (χ2v) is 8.38. The van der Waals surface area contributed by atoms with Gasteiger partial charge in [-0.15, -0.1) is 0 Å². The maximum atomic E-state index is 12.3. The molecule has 1 fully saturated rings. The summed E-state index contributed by atoms with van der Waals surface area (Å²) in [5.74, 6) is 0.343. The fourth-order valence-electron chi connectivity index (χ4n) is 3.37. The Morgan fingerprint density at radius 1 is 1.52 bits per heavy atom. The van der Waals surface area contributed by atoms with Gasteiger partial charge >= 0.3 is 0 Å². The van der Waals surface area contributed by atoms with E-state index in [0.29, 0.717) is 42.3 Å². The van der Waals surface area contributed by atoms with Gasteiger partial charge in [-0.2, -0.15) is 0 Å². The van der Waals surface area contributed by atoms with Crippen LogP contribution in [-0.2, 0) is 16.1 Å². The molecule has 29 heavy (non-hydrogen) atoms. The third-order valence-corrected chi connectivity index (χ3v) is 5.23. The molecule has 2 rings (SSSR count). The van der Waals surface area contributed by atoms with Gasteiger partial charge in [0.25, 0.3) is 5.91 Å². The number of amidine groups is 1. The summed E-state index contributed by atoms with van der Waals surface area (Å²) >= 11 is -2.52. The molecular formula is C19H29N4O5S-. The predicted octanol–water partition coefficient (Wildman–Crippen LogP) is 0.924. The van der Waals surface area contributed by atoms with E-state index >= 15 is 0 Å². The van der Waals surface area contributed by atoms with Crippen molar-refractivity contribution in [3.05, 3.63) is 23.3 Å². The Hall–Kier alpha value is -2.17. The molecular weight excluding hydrogens is 396 g/mol. The number of aliphatic imine (C=N–C) groups is 1. The van der Waals surface area contributed by atoms with Crippen LogP contribution in [0.1, 0.15) is 37.8 Å². The lowest BCUT2D eigenvalue weighted by atomic mass is 9.97. The van der Waals surface area contributed by atoms with Crippen molar-refractivity contribution in [3.8, 4) is 5.75 Å². The number of rotatable bonds is 7. The topological polar surface area (TPSA) is 140 Å². The zero-order chi connectivity index (χ0) is 21.8. The molecule has 162 valence electrons. The highest BCUT2D eigenvalue weighted by Crippen LogP contribution is 2.31. The molecule has 1 amide bonds. The first-order valence-corrected chi connectivity index (χ1v) is 10.5. The van der Waals surface area contributed by atoms with E-state index in [-0.39, 0.29) is 17.7 Å². The molecule has 0 aliphatic carbocycles. The minimum atomic E-state index is -2.52. The molecule has 1 aromatic rings. The molecule has 0 spiro atoms.